The van der Waals surface area contributed by atoms with Crippen LogP contribution in [-0.2, 0) is 6.42 Å². The summed E-state index contributed by atoms with van der Waals surface area (Å²) in [7, 11) is 0. The number of carbonyl (C=O) groups excluding carboxylic acids is 1. The van der Waals surface area contributed by atoms with Crippen molar-refractivity contribution in [2.45, 2.75) is 12.8 Å². The Kier molecular flexibility index (Phi) is 3.00. The number of fused-ring (bicyclic) bond motifs is 2. The van der Waals surface area contributed by atoms with E-state index in [-0.39, 0.29) is 5.91 Å². The molecule has 0 radical (unpaired) electrons. The molecule has 0 fully saturated rings. The molecule has 0 saturated heterocycles. The van der Waals surface area contributed by atoms with Crippen molar-refractivity contribution in [3.63, 3.8) is 0 Å². The first kappa shape index (κ1) is 12.8. The smallest absolute Gasteiger partial charge is 0.273 e. The van der Waals surface area contributed by atoms with Crippen LogP contribution in [0, 0.1) is 0 Å². The highest BCUT2D eigenvalue weighted by molar-refractivity contribution is 6.08. The predicted molar refractivity (Wildman–Crippen MR) is 87.1 cm³/mol. The SMILES string of the molecule is O=C(N/N=C1\CCc2ccccc21)c1c[nH]c2ccccc12. The fraction of sp³-hybridized carbons (Fsp3) is 0.111. The van der Waals surface area contributed by atoms with Crippen molar-refractivity contribution in [1.82, 2.24) is 10.4 Å². The third-order valence-electron chi connectivity index (χ3n) is 4.09. The van der Waals surface area contributed by atoms with E-state index in [0.717, 1.165) is 35.0 Å². The first-order valence-corrected chi connectivity index (χ1v) is 7.34. The van der Waals surface area contributed by atoms with Crippen molar-refractivity contribution < 1.29 is 4.79 Å². The monoisotopic (exact) mass is 289 g/mol. The average molecular weight is 289 g/mol. The molecule has 22 heavy (non-hydrogen) atoms. The second kappa shape index (κ2) is 5.15. The molecule has 1 aliphatic carbocycles. The predicted octanol–water partition coefficient (Wildman–Crippen LogP) is 3.25. The maximum absolute atomic E-state index is 12.4. The van der Waals surface area contributed by atoms with Gasteiger partial charge in [0.05, 0.1) is 11.3 Å². The van der Waals surface area contributed by atoms with Crippen molar-refractivity contribution in [2.75, 3.05) is 0 Å². The van der Waals surface area contributed by atoms with E-state index in [2.05, 4.69) is 27.6 Å². The number of nitrogens with one attached hydrogen (secondary N) is 2. The van der Waals surface area contributed by atoms with Crippen molar-refractivity contribution in [1.29, 1.82) is 0 Å². The summed E-state index contributed by atoms with van der Waals surface area (Å²) in [6.45, 7) is 0. The van der Waals surface area contributed by atoms with Crippen LogP contribution in [0.25, 0.3) is 10.9 Å². The number of hydrazone groups is 1. The number of hydrogen-bond donors (Lipinski definition) is 2. The summed E-state index contributed by atoms with van der Waals surface area (Å²) in [6.07, 6.45) is 3.58. The Labute approximate surface area is 127 Å². The van der Waals surface area contributed by atoms with Crippen molar-refractivity contribution in [3.8, 4) is 0 Å². The third kappa shape index (κ3) is 2.09. The Morgan fingerprint density at radius 1 is 1.05 bits per heavy atom. The lowest BCUT2D eigenvalue weighted by Gasteiger charge is -2.02. The highest BCUT2D eigenvalue weighted by atomic mass is 16.2. The fourth-order valence-corrected chi connectivity index (χ4v) is 2.96. The van der Waals surface area contributed by atoms with Crippen LogP contribution in [0.4, 0.5) is 0 Å². The lowest BCUT2D eigenvalue weighted by Crippen LogP contribution is -2.19. The van der Waals surface area contributed by atoms with E-state index in [1.165, 1.54) is 5.56 Å². The topological polar surface area (TPSA) is 57.2 Å². The Balaban J connectivity index is 1.60. The Morgan fingerprint density at radius 3 is 2.82 bits per heavy atom. The summed E-state index contributed by atoms with van der Waals surface area (Å²) in [5, 5.41) is 5.24. The zero-order valence-electron chi connectivity index (χ0n) is 12.0. The molecule has 1 heterocycles. The minimum absolute atomic E-state index is 0.186. The summed E-state index contributed by atoms with van der Waals surface area (Å²) >= 11 is 0. The number of aromatic nitrogens is 1. The van der Waals surface area contributed by atoms with Gasteiger partial charge in [-0.1, -0.05) is 42.5 Å². The molecule has 4 rings (SSSR count). The van der Waals surface area contributed by atoms with Crippen LogP contribution in [0.1, 0.15) is 27.9 Å². The lowest BCUT2D eigenvalue weighted by molar-refractivity contribution is 0.0956. The zero-order chi connectivity index (χ0) is 14.9. The summed E-state index contributed by atoms with van der Waals surface area (Å²) in [5.74, 6) is -0.186. The number of nitrogens with zero attached hydrogens (tertiary/aromatic N) is 1. The fourth-order valence-electron chi connectivity index (χ4n) is 2.96. The van der Waals surface area contributed by atoms with E-state index in [4.69, 9.17) is 0 Å². The van der Waals surface area contributed by atoms with Gasteiger partial charge in [-0.2, -0.15) is 5.10 Å². The highest BCUT2D eigenvalue weighted by Crippen LogP contribution is 2.22. The molecule has 0 aliphatic heterocycles. The number of H-pyrrole nitrogens is 1. The van der Waals surface area contributed by atoms with Gasteiger partial charge in [-0.25, -0.2) is 5.43 Å². The molecule has 4 heteroatoms. The number of carbonyl (C=O) groups is 1. The maximum atomic E-state index is 12.4. The van der Waals surface area contributed by atoms with E-state index < -0.39 is 0 Å². The first-order valence-electron chi connectivity index (χ1n) is 7.34. The van der Waals surface area contributed by atoms with E-state index >= 15 is 0 Å². The van der Waals surface area contributed by atoms with E-state index in [0.29, 0.717) is 5.56 Å². The summed E-state index contributed by atoms with van der Waals surface area (Å²) in [5.41, 5.74) is 7.64. The molecule has 2 N–H and O–H groups in total. The van der Waals surface area contributed by atoms with Crippen LogP contribution in [0.5, 0.6) is 0 Å². The van der Waals surface area contributed by atoms with Gasteiger partial charge in [0.15, 0.2) is 0 Å². The quantitative estimate of drug-likeness (QED) is 0.699. The highest BCUT2D eigenvalue weighted by Gasteiger charge is 2.17. The summed E-state index contributed by atoms with van der Waals surface area (Å²) < 4.78 is 0. The van der Waals surface area contributed by atoms with Crippen LogP contribution in [-0.4, -0.2) is 16.6 Å². The number of para-hydroxylation sites is 1. The number of benzene rings is 2. The van der Waals surface area contributed by atoms with Gasteiger partial charge >= 0.3 is 0 Å². The molecule has 3 aromatic rings. The average Bonchev–Trinajstić information content (AvgIpc) is 3.17. The molecule has 0 bridgehead atoms. The molecule has 1 aromatic heterocycles. The molecule has 2 aromatic carbocycles. The number of aromatic amines is 1. The van der Waals surface area contributed by atoms with Gasteiger partial charge in [0.2, 0.25) is 0 Å². The molecular weight excluding hydrogens is 274 g/mol. The largest absolute Gasteiger partial charge is 0.360 e. The maximum Gasteiger partial charge on any atom is 0.273 e. The van der Waals surface area contributed by atoms with Gasteiger partial charge in [0, 0.05) is 22.7 Å². The third-order valence-corrected chi connectivity index (χ3v) is 4.09. The Bertz CT molecular complexity index is 892. The molecule has 0 spiro atoms. The van der Waals surface area contributed by atoms with Crippen LogP contribution in [0.2, 0.25) is 0 Å². The standard InChI is InChI=1S/C18H15N3O/c22-18(15-11-19-16-8-4-3-7-14(15)16)21-20-17-10-9-12-5-1-2-6-13(12)17/h1-8,11,19H,9-10H2,(H,21,22)/b20-17+. The summed E-state index contributed by atoms with van der Waals surface area (Å²) in [6, 6.07) is 15.9. The van der Waals surface area contributed by atoms with Gasteiger partial charge < -0.3 is 4.98 Å². The van der Waals surface area contributed by atoms with Crippen LogP contribution >= 0.6 is 0 Å². The molecule has 0 saturated carbocycles. The van der Waals surface area contributed by atoms with Crippen LogP contribution in [0.15, 0.2) is 59.8 Å². The van der Waals surface area contributed by atoms with Crippen LogP contribution < -0.4 is 5.43 Å². The number of amides is 1. The van der Waals surface area contributed by atoms with Crippen molar-refractivity contribution in [3.05, 3.63) is 71.4 Å². The van der Waals surface area contributed by atoms with E-state index in [9.17, 15) is 4.79 Å². The van der Waals surface area contributed by atoms with Crippen molar-refractivity contribution >= 4 is 22.5 Å². The van der Waals surface area contributed by atoms with Gasteiger partial charge in [-0.3, -0.25) is 4.79 Å². The number of aryl methyl sites for hydroxylation is 1. The van der Waals surface area contributed by atoms with Crippen LogP contribution in [0.3, 0.4) is 0 Å². The molecule has 0 atom stereocenters. The lowest BCUT2D eigenvalue weighted by atomic mass is 10.1. The first-order chi connectivity index (χ1) is 10.8. The second-order valence-corrected chi connectivity index (χ2v) is 5.40. The molecular formula is C18H15N3O. The zero-order valence-corrected chi connectivity index (χ0v) is 12.0. The normalized spacial score (nSPS) is 15.2. The minimum Gasteiger partial charge on any atom is -0.360 e. The number of hydrogen-bond acceptors (Lipinski definition) is 2. The van der Waals surface area contributed by atoms with E-state index in [1.54, 1.807) is 6.20 Å². The Morgan fingerprint density at radius 2 is 1.86 bits per heavy atom. The Hall–Kier alpha value is -2.88. The molecule has 1 aliphatic rings. The van der Waals surface area contributed by atoms with Gasteiger partial charge in [0.1, 0.15) is 0 Å². The summed E-state index contributed by atoms with van der Waals surface area (Å²) in [4.78, 5) is 15.5. The van der Waals surface area contributed by atoms with Gasteiger partial charge in [-0.05, 0) is 24.5 Å². The second-order valence-electron chi connectivity index (χ2n) is 5.40. The van der Waals surface area contributed by atoms with Crippen molar-refractivity contribution in [2.24, 2.45) is 5.10 Å². The van der Waals surface area contributed by atoms with E-state index in [1.807, 2.05) is 36.4 Å². The van der Waals surface area contributed by atoms with Gasteiger partial charge in [0.25, 0.3) is 5.91 Å². The molecule has 108 valence electrons. The molecule has 1 amide bonds. The minimum atomic E-state index is -0.186. The van der Waals surface area contributed by atoms with Gasteiger partial charge in [-0.15, -0.1) is 0 Å². The number of rotatable bonds is 2. The molecule has 4 nitrogen and oxygen atoms in total. The molecule has 0 unspecified atom stereocenters.